The first-order chi connectivity index (χ1) is 11.5. The van der Waals surface area contributed by atoms with E-state index < -0.39 is 12.0 Å². The lowest BCUT2D eigenvalue weighted by atomic mass is 10.2. The zero-order chi connectivity index (χ0) is 17.9. The van der Waals surface area contributed by atoms with Crippen LogP contribution in [-0.2, 0) is 4.79 Å². The maximum Gasteiger partial charge on any atom is 0.321 e. The van der Waals surface area contributed by atoms with E-state index in [4.69, 9.17) is 10.8 Å². The molecule has 6 nitrogen and oxygen atoms in total. The SMILES string of the molecule is CN(C)c1ccccc1N=Nc1ccccc1.N[C@@H](CS)C(=O)O. The number of carbonyl (C=O) groups is 1. The molecule has 2 aromatic carbocycles. The number of para-hydroxylation sites is 1. The van der Waals surface area contributed by atoms with Crippen LogP contribution in [0.15, 0.2) is 64.8 Å². The molecule has 0 aliphatic carbocycles. The van der Waals surface area contributed by atoms with E-state index in [2.05, 4.69) is 22.9 Å². The Morgan fingerprint density at radius 1 is 1.12 bits per heavy atom. The predicted molar refractivity (Wildman–Crippen MR) is 101 cm³/mol. The highest BCUT2D eigenvalue weighted by Gasteiger charge is 2.06. The van der Waals surface area contributed by atoms with Crippen LogP contribution >= 0.6 is 12.6 Å². The van der Waals surface area contributed by atoms with Gasteiger partial charge in [0.2, 0.25) is 0 Å². The second kappa shape index (κ2) is 10.4. The number of hydrogen-bond acceptors (Lipinski definition) is 6. The highest BCUT2D eigenvalue weighted by atomic mass is 32.1. The highest BCUT2D eigenvalue weighted by Crippen LogP contribution is 2.28. The van der Waals surface area contributed by atoms with Crippen LogP contribution in [0.1, 0.15) is 0 Å². The van der Waals surface area contributed by atoms with Gasteiger partial charge < -0.3 is 15.7 Å². The number of aliphatic carboxylic acids is 1. The van der Waals surface area contributed by atoms with Gasteiger partial charge in [0, 0.05) is 19.8 Å². The topological polar surface area (TPSA) is 91.3 Å². The average molecular weight is 346 g/mol. The Morgan fingerprint density at radius 2 is 1.71 bits per heavy atom. The molecule has 0 aliphatic rings. The number of carboxylic acids is 1. The Balaban J connectivity index is 0.000000351. The zero-order valence-corrected chi connectivity index (χ0v) is 14.6. The van der Waals surface area contributed by atoms with Gasteiger partial charge in [-0.2, -0.15) is 17.7 Å². The van der Waals surface area contributed by atoms with Crippen LogP contribution in [0.2, 0.25) is 0 Å². The molecule has 0 aliphatic heterocycles. The van der Waals surface area contributed by atoms with Crippen molar-refractivity contribution in [1.82, 2.24) is 0 Å². The van der Waals surface area contributed by atoms with E-state index in [1.165, 1.54) is 0 Å². The molecule has 1 atom stereocenters. The summed E-state index contributed by atoms with van der Waals surface area (Å²) in [5, 5.41) is 16.5. The van der Waals surface area contributed by atoms with Gasteiger partial charge in [-0.1, -0.05) is 30.3 Å². The Labute approximate surface area is 147 Å². The number of azo groups is 1. The first kappa shape index (κ1) is 19.7. The quantitative estimate of drug-likeness (QED) is 0.571. The second-order valence-corrected chi connectivity index (χ2v) is 5.41. The molecule has 0 heterocycles. The predicted octanol–water partition coefficient (Wildman–Crippen LogP) is 3.50. The molecule has 7 heteroatoms. The fraction of sp³-hybridized carbons (Fsp3) is 0.235. The van der Waals surface area contributed by atoms with Crippen LogP contribution in [0.25, 0.3) is 0 Å². The lowest BCUT2D eigenvalue weighted by Crippen LogP contribution is -2.31. The van der Waals surface area contributed by atoms with Crippen molar-refractivity contribution in [2.24, 2.45) is 16.0 Å². The fourth-order valence-electron chi connectivity index (χ4n) is 1.61. The van der Waals surface area contributed by atoms with Crippen molar-refractivity contribution in [3.63, 3.8) is 0 Å². The summed E-state index contributed by atoms with van der Waals surface area (Å²) in [6.07, 6.45) is 0. The zero-order valence-electron chi connectivity index (χ0n) is 13.7. The molecular formula is C17H22N4O2S. The largest absolute Gasteiger partial charge is 0.480 e. The first-order valence-corrected chi connectivity index (χ1v) is 7.91. The van der Waals surface area contributed by atoms with E-state index in [1.807, 2.05) is 73.6 Å². The minimum absolute atomic E-state index is 0.190. The Morgan fingerprint density at radius 3 is 2.21 bits per heavy atom. The average Bonchev–Trinajstić information content (AvgIpc) is 2.60. The van der Waals surface area contributed by atoms with Crippen molar-refractivity contribution >= 4 is 35.7 Å². The Kier molecular flexibility index (Phi) is 8.53. The third kappa shape index (κ3) is 6.80. The summed E-state index contributed by atoms with van der Waals surface area (Å²) in [5.74, 6) is -0.815. The van der Waals surface area contributed by atoms with Crippen molar-refractivity contribution in [3.8, 4) is 0 Å². The van der Waals surface area contributed by atoms with E-state index >= 15 is 0 Å². The molecule has 0 spiro atoms. The minimum Gasteiger partial charge on any atom is -0.480 e. The normalized spacial score (nSPS) is 11.5. The molecule has 0 aromatic heterocycles. The van der Waals surface area contributed by atoms with Gasteiger partial charge in [0.05, 0.1) is 11.4 Å². The van der Waals surface area contributed by atoms with Crippen molar-refractivity contribution < 1.29 is 9.90 Å². The molecule has 24 heavy (non-hydrogen) atoms. The van der Waals surface area contributed by atoms with Crippen LogP contribution in [0.3, 0.4) is 0 Å². The minimum atomic E-state index is -1.00. The van der Waals surface area contributed by atoms with Crippen molar-refractivity contribution in [1.29, 1.82) is 0 Å². The van der Waals surface area contributed by atoms with Crippen molar-refractivity contribution in [3.05, 3.63) is 54.6 Å². The van der Waals surface area contributed by atoms with Gasteiger partial charge in [0.25, 0.3) is 0 Å². The number of hydrogen-bond donors (Lipinski definition) is 3. The summed E-state index contributed by atoms with van der Waals surface area (Å²) in [6, 6.07) is 16.9. The number of benzene rings is 2. The van der Waals surface area contributed by atoms with Gasteiger partial charge in [0.1, 0.15) is 11.7 Å². The van der Waals surface area contributed by atoms with Gasteiger partial charge in [0.15, 0.2) is 0 Å². The second-order valence-electron chi connectivity index (χ2n) is 5.05. The lowest BCUT2D eigenvalue weighted by molar-refractivity contribution is -0.137. The van der Waals surface area contributed by atoms with E-state index in [0.717, 1.165) is 17.1 Å². The molecule has 0 amide bonds. The van der Waals surface area contributed by atoms with Crippen LogP contribution in [0, 0.1) is 0 Å². The van der Waals surface area contributed by atoms with Crippen molar-refractivity contribution in [2.45, 2.75) is 6.04 Å². The van der Waals surface area contributed by atoms with Gasteiger partial charge in [-0.25, -0.2) is 0 Å². The molecule has 0 saturated carbocycles. The third-order valence-electron chi connectivity index (χ3n) is 2.91. The Bertz CT molecular complexity index is 663. The highest BCUT2D eigenvalue weighted by molar-refractivity contribution is 7.80. The summed E-state index contributed by atoms with van der Waals surface area (Å²) in [7, 11) is 3.99. The van der Waals surface area contributed by atoms with Crippen LogP contribution in [0.5, 0.6) is 0 Å². The van der Waals surface area contributed by atoms with E-state index in [-0.39, 0.29) is 5.75 Å². The maximum absolute atomic E-state index is 9.76. The van der Waals surface area contributed by atoms with E-state index in [1.54, 1.807) is 0 Å². The Hall–Kier alpha value is -2.38. The number of nitrogens with two attached hydrogens (primary N) is 1. The standard InChI is InChI=1S/C14H15N3.C3H7NO2S/c1-17(2)14-11-7-6-10-13(14)16-15-12-8-4-3-5-9-12;4-2(1-7)3(5)6/h3-11H,1-2H3;2,7H,1,4H2,(H,5,6)/t;2-/m.0/s1. The fourth-order valence-corrected chi connectivity index (χ4v) is 1.77. The molecule has 3 N–H and O–H groups in total. The number of nitrogens with zero attached hydrogens (tertiary/aromatic N) is 3. The summed E-state index contributed by atoms with van der Waals surface area (Å²) in [5.41, 5.74) is 7.74. The first-order valence-electron chi connectivity index (χ1n) is 7.28. The van der Waals surface area contributed by atoms with Crippen molar-refractivity contribution in [2.75, 3.05) is 24.7 Å². The summed E-state index contributed by atoms with van der Waals surface area (Å²) < 4.78 is 0. The number of carboxylic acid groups (broad SMARTS) is 1. The number of thiol groups is 1. The van der Waals surface area contributed by atoms with Gasteiger partial charge in [-0.15, -0.1) is 5.11 Å². The van der Waals surface area contributed by atoms with Gasteiger partial charge in [-0.05, 0) is 24.3 Å². The lowest BCUT2D eigenvalue weighted by Gasteiger charge is -2.13. The maximum atomic E-state index is 9.76. The molecule has 0 saturated heterocycles. The monoisotopic (exact) mass is 346 g/mol. The molecule has 0 radical (unpaired) electrons. The molecule has 128 valence electrons. The summed E-state index contributed by atoms with van der Waals surface area (Å²) >= 11 is 3.65. The summed E-state index contributed by atoms with van der Waals surface area (Å²) in [6.45, 7) is 0. The molecule has 2 rings (SSSR count). The summed E-state index contributed by atoms with van der Waals surface area (Å²) in [4.78, 5) is 11.8. The van der Waals surface area contributed by atoms with Crippen LogP contribution in [-0.4, -0.2) is 37.0 Å². The van der Waals surface area contributed by atoms with E-state index in [9.17, 15) is 4.79 Å². The molecule has 0 fully saturated rings. The third-order valence-corrected chi connectivity index (χ3v) is 3.30. The van der Waals surface area contributed by atoms with Gasteiger partial charge >= 0.3 is 5.97 Å². The smallest absolute Gasteiger partial charge is 0.321 e. The molecular weight excluding hydrogens is 324 g/mol. The van der Waals surface area contributed by atoms with Crippen LogP contribution < -0.4 is 10.6 Å². The van der Waals surface area contributed by atoms with Crippen LogP contribution in [0.4, 0.5) is 17.1 Å². The number of rotatable bonds is 5. The number of anilines is 1. The van der Waals surface area contributed by atoms with E-state index in [0.29, 0.717) is 0 Å². The van der Waals surface area contributed by atoms with Gasteiger partial charge in [-0.3, -0.25) is 4.79 Å². The molecule has 0 bridgehead atoms. The molecule has 2 aromatic rings. The molecule has 0 unspecified atom stereocenters.